The molecule has 1 saturated heterocycles. The molecule has 150 valence electrons. The van der Waals surface area contributed by atoms with Gasteiger partial charge in [0.25, 0.3) is 0 Å². The number of nitrogens with zero attached hydrogens (tertiary/aromatic N) is 6. The van der Waals surface area contributed by atoms with Crippen LogP contribution in [0, 0.1) is 23.7 Å². The first-order chi connectivity index (χ1) is 14.0. The highest BCUT2D eigenvalue weighted by Crippen LogP contribution is 2.58. The molecule has 0 aromatic carbocycles. The summed E-state index contributed by atoms with van der Waals surface area (Å²) in [4.78, 5) is 18.2. The van der Waals surface area contributed by atoms with Crippen molar-refractivity contribution in [1.29, 1.82) is 5.26 Å². The second kappa shape index (κ2) is 6.29. The third-order valence-electron chi connectivity index (χ3n) is 6.48. The van der Waals surface area contributed by atoms with Crippen molar-refractivity contribution in [1.82, 2.24) is 15.0 Å². The van der Waals surface area contributed by atoms with Gasteiger partial charge in [0.15, 0.2) is 0 Å². The van der Waals surface area contributed by atoms with Gasteiger partial charge in [-0.15, -0.1) is 0 Å². The van der Waals surface area contributed by atoms with Gasteiger partial charge in [-0.05, 0) is 26.2 Å². The van der Waals surface area contributed by atoms with Crippen molar-refractivity contribution in [2.45, 2.75) is 31.6 Å². The van der Waals surface area contributed by atoms with Crippen LogP contribution in [-0.4, -0.2) is 48.3 Å². The molecule has 29 heavy (non-hydrogen) atoms. The SMILES string of the molecule is COCCC1(C#N)CN(c2nc(C)cc(N3CC4(CC4)c4cnc(N)cc43)n2)C1. The Hall–Kier alpha value is -2.92. The number of anilines is 4. The second-order valence-corrected chi connectivity index (χ2v) is 8.65. The summed E-state index contributed by atoms with van der Waals surface area (Å²) in [5, 5.41) is 9.61. The van der Waals surface area contributed by atoms with Crippen LogP contribution in [0.1, 0.15) is 30.5 Å². The van der Waals surface area contributed by atoms with E-state index in [1.165, 1.54) is 18.4 Å². The molecular formula is C21H25N7O. The fourth-order valence-electron chi connectivity index (χ4n) is 4.57. The van der Waals surface area contributed by atoms with Crippen LogP contribution < -0.4 is 15.5 Å². The predicted molar refractivity (Wildman–Crippen MR) is 110 cm³/mol. The van der Waals surface area contributed by atoms with Crippen molar-refractivity contribution in [3.8, 4) is 6.07 Å². The van der Waals surface area contributed by atoms with Gasteiger partial charge in [0.2, 0.25) is 5.95 Å². The summed E-state index contributed by atoms with van der Waals surface area (Å²) >= 11 is 0. The van der Waals surface area contributed by atoms with Gasteiger partial charge in [0, 0.05) is 68.4 Å². The van der Waals surface area contributed by atoms with Crippen molar-refractivity contribution >= 4 is 23.3 Å². The standard InChI is InChI=1S/C21H25N7O/c1-14-7-18(26-19(25-14)27-11-20(10-22,12-27)5-6-29-2)28-13-21(3-4-21)15-9-24-17(23)8-16(15)28/h7-9H,3-6,11-13H2,1-2H3,(H2,23,24). The molecule has 8 heteroatoms. The summed E-state index contributed by atoms with van der Waals surface area (Å²) in [7, 11) is 1.67. The summed E-state index contributed by atoms with van der Waals surface area (Å²) in [5.74, 6) is 2.09. The molecule has 2 aliphatic heterocycles. The maximum atomic E-state index is 9.61. The summed E-state index contributed by atoms with van der Waals surface area (Å²) in [6.45, 7) is 4.74. The Morgan fingerprint density at radius 2 is 2.03 bits per heavy atom. The van der Waals surface area contributed by atoms with Crippen molar-refractivity contribution in [3.05, 3.63) is 29.6 Å². The van der Waals surface area contributed by atoms with Crippen LogP contribution >= 0.6 is 0 Å². The average Bonchev–Trinajstić information content (AvgIpc) is 3.38. The zero-order chi connectivity index (χ0) is 20.2. The largest absolute Gasteiger partial charge is 0.385 e. The molecule has 8 nitrogen and oxygen atoms in total. The lowest BCUT2D eigenvalue weighted by Gasteiger charge is -2.45. The molecule has 0 unspecified atom stereocenters. The molecule has 2 aromatic rings. The van der Waals surface area contributed by atoms with Crippen LogP contribution in [0.3, 0.4) is 0 Å². The molecule has 5 rings (SSSR count). The molecule has 3 aliphatic rings. The Bertz CT molecular complexity index is 1000. The Morgan fingerprint density at radius 3 is 2.72 bits per heavy atom. The van der Waals surface area contributed by atoms with E-state index in [1.807, 2.05) is 25.3 Å². The van der Waals surface area contributed by atoms with E-state index in [0.29, 0.717) is 31.5 Å². The van der Waals surface area contributed by atoms with Gasteiger partial charge in [0.1, 0.15) is 11.6 Å². The second-order valence-electron chi connectivity index (χ2n) is 8.65. The van der Waals surface area contributed by atoms with Crippen LogP contribution in [-0.2, 0) is 10.2 Å². The van der Waals surface area contributed by atoms with Gasteiger partial charge in [-0.1, -0.05) is 0 Å². The number of nitrogens with two attached hydrogens (primary N) is 1. The van der Waals surface area contributed by atoms with Crippen LogP contribution in [0.4, 0.5) is 23.3 Å². The number of methoxy groups -OCH3 is 1. The number of rotatable bonds is 5. The van der Waals surface area contributed by atoms with E-state index in [9.17, 15) is 5.26 Å². The molecule has 0 atom stereocenters. The third-order valence-corrected chi connectivity index (χ3v) is 6.48. The summed E-state index contributed by atoms with van der Waals surface area (Å²) in [5.41, 5.74) is 9.10. The minimum absolute atomic E-state index is 0.196. The molecule has 1 saturated carbocycles. The Balaban J connectivity index is 1.44. The summed E-state index contributed by atoms with van der Waals surface area (Å²) in [6.07, 6.45) is 5.01. The molecule has 0 bridgehead atoms. The smallest absolute Gasteiger partial charge is 0.227 e. The Kier molecular flexibility index (Phi) is 3.93. The van der Waals surface area contributed by atoms with E-state index in [-0.39, 0.29) is 10.8 Å². The number of pyridine rings is 1. The van der Waals surface area contributed by atoms with Crippen molar-refractivity contribution in [2.75, 3.05) is 48.9 Å². The van der Waals surface area contributed by atoms with Crippen LogP contribution in [0.15, 0.2) is 18.3 Å². The number of hydrogen-bond acceptors (Lipinski definition) is 8. The molecular weight excluding hydrogens is 366 g/mol. The number of fused-ring (bicyclic) bond motifs is 2. The van der Waals surface area contributed by atoms with E-state index >= 15 is 0 Å². The number of nitrogen functional groups attached to an aromatic ring is 1. The quantitative estimate of drug-likeness (QED) is 0.828. The van der Waals surface area contributed by atoms with Gasteiger partial charge >= 0.3 is 0 Å². The summed E-state index contributed by atoms with van der Waals surface area (Å²) in [6, 6.07) is 6.44. The lowest BCUT2D eigenvalue weighted by Crippen LogP contribution is -2.56. The van der Waals surface area contributed by atoms with Gasteiger partial charge < -0.3 is 20.3 Å². The molecule has 0 amide bonds. The third kappa shape index (κ3) is 2.88. The first kappa shape index (κ1) is 18.1. The molecule has 1 spiro atoms. The molecule has 2 aromatic heterocycles. The van der Waals surface area contributed by atoms with Crippen molar-refractivity contribution in [3.63, 3.8) is 0 Å². The lowest BCUT2D eigenvalue weighted by molar-refractivity contribution is 0.144. The minimum Gasteiger partial charge on any atom is -0.385 e. The Morgan fingerprint density at radius 1 is 1.24 bits per heavy atom. The maximum absolute atomic E-state index is 9.61. The molecule has 2 N–H and O–H groups in total. The average molecular weight is 391 g/mol. The van der Waals surface area contributed by atoms with E-state index in [4.69, 9.17) is 15.5 Å². The van der Waals surface area contributed by atoms with Gasteiger partial charge in [0.05, 0.1) is 17.2 Å². The van der Waals surface area contributed by atoms with E-state index < -0.39 is 0 Å². The summed E-state index contributed by atoms with van der Waals surface area (Å²) < 4.78 is 5.17. The molecule has 2 fully saturated rings. The highest BCUT2D eigenvalue weighted by Gasteiger charge is 2.53. The number of aryl methyl sites for hydroxylation is 1. The van der Waals surface area contributed by atoms with Gasteiger partial charge in [-0.2, -0.15) is 10.2 Å². The fraction of sp³-hybridized carbons (Fsp3) is 0.524. The number of hydrogen-bond donors (Lipinski definition) is 1. The molecule has 0 radical (unpaired) electrons. The number of nitriles is 1. The van der Waals surface area contributed by atoms with Crippen molar-refractivity contribution in [2.24, 2.45) is 5.41 Å². The normalized spacial score (nSPS) is 20.3. The van der Waals surface area contributed by atoms with Crippen molar-refractivity contribution < 1.29 is 4.74 Å². The fourth-order valence-corrected chi connectivity index (χ4v) is 4.57. The van der Waals surface area contributed by atoms with Crippen LogP contribution in [0.2, 0.25) is 0 Å². The van der Waals surface area contributed by atoms with Crippen LogP contribution in [0.5, 0.6) is 0 Å². The zero-order valence-electron chi connectivity index (χ0n) is 16.9. The first-order valence-corrected chi connectivity index (χ1v) is 10.0. The number of aromatic nitrogens is 3. The van der Waals surface area contributed by atoms with Gasteiger partial charge in [-0.25, -0.2) is 9.97 Å². The predicted octanol–water partition coefficient (Wildman–Crippen LogP) is 2.31. The first-order valence-electron chi connectivity index (χ1n) is 10.0. The molecule has 1 aliphatic carbocycles. The van der Waals surface area contributed by atoms with Crippen LogP contribution in [0.25, 0.3) is 0 Å². The van der Waals surface area contributed by atoms with E-state index in [2.05, 4.69) is 25.8 Å². The zero-order valence-corrected chi connectivity index (χ0v) is 16.9. The monoisotopic (exact) mass is 391 g/mol. The lowest BCUT2D eigenvalue weighted by atomic mass is 9.79. The maximum Gasteiger partial charge on any atom is 0.227 e. The van der Waals surface area contributed by atoms with E-state index in [1.54, 1.807) is 7.11 Å². The Labute approximate surface area is 170 Å². The highest BCUT2D eigenvalue weighted by molar-refractivity contribution is 5.74. The molecule has 4 heterocycles. The number of ether oxygens (including phenoxy) is 1. The topological polar surface area (TPSA) is 104 Å². The van der Waals surface area contributed by atoms with E-state index in [0.717, 1.165) is 30.2 Å². The van der Waals surface area contributed by atoms with Gasteiger partial charge in [-0.3, -0.25) is 0 Å². The minimum atomic E-state index is -0.373. The highest BCUT2D eigenvalue weighted by atomic mass is 16.5.